The SMILES string of the molecule is O=C(NCCC1CCCCO1)C1CNCCO1. The fourth-order valence-corrected chi connectivity index (χ4v) is 2.24. The molecule has 5 nitrogen and oxygen atoms in total. The zero-order valence-electron chi connectivity index (χ0n) is 10.2. The first-order valence-electron chi connectivity index (χ1n) is 6.58. The molecule has 2 fully saturated rings. The van der Waals surface area contributed by atoms with Crippen LogP contribution in [0.15, 0.2) is 0 Å². The van der Waals surface area contributed by atoms with Crippen LogP contribution in [0.3, 0.4) is 0 Å². The van der Waals surface area contributed by atoms with Crippen molar-refractivity contribution in [2.75, 3.05) is 32.8 Å². The maximum absolute atomic E-state index is 11.7. The molecule has 17 heavy (non-hydrogen) atoms. The van der Waals surface area contributed by atoms with E-state index in [0.29, 0.717) is 25.8 Å². The van der Waals surface area contributed by atoms with Crippen LogP contribution in [-0.2, 0) is 14.3 Å². The predicted octanol–water partition coefficient (Wildman–Crippen LogP) is 0.0502. The fourth-order valence-electron chi connectivity index (χ4n) is 2.24. The van der Waals surface area contributed by atoms with Crippen molar-refractivity contribution in [3.05, 3.63) is 0 Å². The van der Waals surface area contributed by atoms with E-state index in [9.17, 15) is 4.79 Å². The molecule has 2 saturated heterocycles. The Kier molecular flexibility index (Phi) is 5.22. The van der Waals surface area contributed by atoms with E-state index in [-0.39, 0.29) is 12.0 Å². The molecule has 2 atom stereocenters. The summed E-state index contributed by atoms with van der Waals surface area (Å²) in [4.78, 5) is 11.7. The van der Waals surface area contributed by atoms with Gasteiger partial charge in [-0.2, -0.15) is 0 Å². The molecule has 2 N–H and O–H groups in total. The molecule has 1 amide bonds. The second-order valence-corrected chi connectivity index (χ2v) is 4.63. The summed E-state index contributed by atoms with van der Waals surface area (Å²) in [5.74, 6) is -0.00647. The van der Waals surface area contributed by atoms with Crippen molar-refractivity contribution < 1.29 is 14.3 Å². The molecule has 2 unspecified atom stereocenters. The fraction of sp³-hybridized carbons (Fsp3) is 0.917. The Morgan fingerprint density at radius 3 is 2.94 bits per heavy atom. The molecule has 2 aliphatic rings. The van der Waals surface area contributed by atoms with Gasteiger partial charge < -0.3 is 20.1 Å². The zero-order valence-corrected chi connectivity index (χ0v) is 10.2. The quantitative estimate of drug-likeness (QED) is 0.731. The van der Waals surface area contributed by atoms with Gasteiger partial charge in [0.1, 0.15) is 6.10 Å². The average Bonchev–Trinajstić information content (AvgIpc) is 2.41. The summed E-state index contributed by atoms with van der Waals surface area (Å²) in [5, 5.41) is 6.06. The van der Waals surface area contributed by atoms with Crippen molar-refractivity contribution in [2.45, 2.75) is 37.9 Å². The number of hydrogen-bond donors (Lipinski definition) is 2. The van der Waals surface area contributed by atoms with Crippen LogP contribution in [0.1, 0.15) is 25.7 Å². The number of amides is 1. The monoisotopic (exact) mass is 242 g/mol. The summed E-state index contributed by atoms with van der Waals surface area (Å²) < 4.78 is 11.0. The third kappa shape index (κ3) is 4.26. The molecule has 98 valence electrons. The van der Waals surface area contributed by atoms with Gasteiger partial charge in [-0.1, -0.05) is 0 Å². The zero-order chi connectivity index (χ0) is 11.9. The van der Waals surface area contributed by atoms with E-state index in [4.69, 9.17) is 9.47 Å². The van der Waals surface area contributed by atoms with Crippen LogP contribution in [0.2, 0.25) is 0 Å². The second kappa shape index (κ2) is 6.93. The number of hydrogen-bond acceptors (Lipinski definition) is 4. The van der Waals surface area contributed by atoms with Crippen molar-refractivity contribution in [3.63, 3.8) is 0 Å². The molecule has 0 bridgehead atoms. The Hall–Kier alpha value is -0.650. The van der Waals surface area contributed by atoms with Gasteiger partial charge in [-0.15, -0.1) is 0 Å². The van der Waals surface area contributed by atoms with Gasteiger partial charge in [-0.05, 0) is 25.7 Å². The normalized spacial score (nSPS) is 29.9. The number of nitrogens with one attached hydrogen (secondary N) is 2. The van der Waals surface area contributed by atoms with Crippen LogP contribution in [0, 0.1) is 0 Å². The Balaban J connectivity index is 1.58. The number of rotatable bonds is 4. The largest absolute Gasteiger partial charge is 0.378 e. The van der Waals surface area contributed by atoms with E-state index in [2.05, 4.69) is 10.6 Å². The third-order valence-electron chi connectivity index (χ3n) is 3.26. The summed E-state index contributed by atoms with van der Waals surface area (Å²) in [7, 11) is 0. The summed E-state index contributed by atoms with van der Waals surface area (Å²) in [6.45, 7) is 3.62. The molecular weight excluding hydrogens is 220 g/mol. The molecule has 0 aliphatic carbocycles. The van der Waals surface area contributed by atoms with Crippen LogP contribution in [-0.4, -0.2) is 51.0 Å². The van der Waals surface area contributed by atoms with E-state index >= 15 is 0 Å². The second-order valence-electron chi connectivity index (χ2n) is 4.63. The molecule has 0 radical (unpaired) electrons. The van der Waals surface area contributed by atoms with Crippen LogP contribution in [0.5, 0.6) is 0 Å². The van der Waals surface area contributed by atoms with Crippen molar-refractivity contribution >= 4 is 5.91 Å². The van der Waals surface area contributed by atoms with Gasteiger partial charge in [-0.3, -0.25) is 4.79 Å². The maximum atomic E-state index is 11.7. The van der Waals surface area contributed by atoms with E-state index < -0.39 is 0 Å². The summed E-state index contributed by atoms with van der Waals surface area (Å²) in [6.07, 6.45) is 4.45. The molecular formula is C12H22N2O3. The van der Waals surface area contributed by atoms with Crippen LogP contribution >= 0.6 is 0 Å². The lowest BCUT2D eigenvalue weighted by atomic mass is 10.1. The van der Waals surface area contributed by atoms with E-state index in [1.807, 2.05) is 0 Å². The van der Waals surface area contributed by atoms with Gasteiger partial charge in [0, 0.05) is 26.2 Å². The summed E-state index contributed by atoms with van der Waals surface area (Å²) in [5.41, 5.74) is 0. The number of carbonyl (C=O) groups excluding carboxylic acids is 1. The first kappa shape index (κ1) is 12.8. The maximum Gasteiger partial charge on any atom is 0.250 e. The lowest BCUT2D eigenvalue weighted by Crippen LogP contribution is -2.48. The highest BCUT2D eigenvalue weighted by molar-refractivity contribution is 5.81. The van der Waals surface area contributed by atoms with Gasteiger partial charge >= 0.3 is 0 Å². The molecule has 0 saturated carbocycles. The molecule has 2 heterocycles. The minimum absolute atomic E-state index is 0.00647. The van der Waals surface area contributed by atoms with Crippen LogP contribution < -0.4 is 10.6 Å². The Morgan fingerprint density at radius 2 is 2.24 bits per heavy atom. The van der Waals surface area contributed by atoms with Crippen molar-refractivity contribution in [1.82, 2.24) is 10.6 Å². The molecule has 0 spiro atoms. The lowest BCUT2D eigenvalue weighted by Gasteiger charge is -2.24. The highest BCUT2D eigenvalue weighted by Gasteiger charge is 2.21. The topological polar surface area (TPSA) is 59.6 Å². The van der Waals surface area contributed by atoms with Gasteiger partial charge in [0.25, 0.3) is 0 Å². The van der Waals surface area contributed by atoms with Crippen molar-refractivity contribution in [1.29, 1.82) is 0 Å². The Labute approximate surface area is 102 Å². The third-order valence-corrected chi connectivity index (χ3v) is 3.26. The van der Waals surface area contributed by atoms with E-state index in [1.54, 1.807) is 0 Å². The summed E-state index contributed by atoms with van der Waals surface area (Å²) in [6, 6.07) is 0. The predicted molar refractivity (Wildman–Crippen MR) is 63.8 cm³/mol. The smallest absolute Gasteiger partial charge is 0.250 e. The number of morpholine rings is 1. The van der Waals surface area contributed by atoms with E-state index in [0.717, 1.165) is 26.0 Å². The number of ether oxygens (including phenoxy) is 2. The van der Waals surface area contributed by atoms with E-state index in [1.165, 1.54) is 12.8 Å². The summed E-state index contributed by atoms with van der Waals surface area (Å²) >= 11 is 0. The minimum atomic E-state index is -0.323. The Morgan fingerprint density at radius 1 is 1.29 bits per heavy atom. The minimum Gasteiger partial charge on any atom is -0.378 e. The lowest BCUT2D eigenvalue weighted by molar-refractivity contribution is -0.134. The molecule has 0 aromatic rings. The highest BCUT2D eigenvalue weighted by Crippen LogP contribution is 2.14. The molecule has 0 aromatic carbocycles. The number of carbonyl (C=O) groups is 1. The first-order chi connectivity index (χ1) is 8.36. The molecule has 2 aliphatic heterocycles. The standard InChI is InChI=1S/C12H22N2O3/c15-12(11-9-13-6-8-17-11)14-5-4-10-3-1-2-7-16-10/h10-11,13H,1-9H2,(H,14,15). The van der Waals surface area contributed by atoms with Gasteiger partial charge in [-0.25, -0.2) is 0 Å². The van der Waals surface area contributed by atoms with Gasteiger partial charge in [0.15, 0.2) is 0 Å². The van der Waals surface area contributed by atoms with Gasteiger partial charge in [0.05, 0.1) is 12.7 Å². The molecule has 2 rings (SSSR count). The van der Waals surface area contributed by atoms with Crippen molar-refractivity contribution in [2.24, 2.45) is 0 Å². The Bertz CT molecular complexity index is 236. The van der Waals surface area contributed by atoms with Crippen LogP contribution in [0.25, 0.3) is 0 Å². The van der Waals surface area contributed by atoms with Crippen molar-refractivity contribution in [3.8, 4) is 0 Å². The molecule has 0 aromatic heterocycles. The molecule has 5 heteroatoms. The van der Waals surface area contributed by atoms with Crippen LogP contribution in [0.4, 0.5) is 0 Å². The highest BCUT2D eigenvalue weighted by atomic mass is 16.5. The first-order valence-corrected chi connectivity index (χ1v) is 6.58. The van der Waals surface area contributed by atoms with Gasteiger partial charge in [0.2, 0.25) is 5.91 Å². The average molecular weight is 242 g/mol.